The normalized spacial score (nSPS) is 12.0. The molecular weight excluding hydrogens is 376 g/mol. The van der Waals surface area contributed by atoms with Gasteiger partial charge < -0.3 is 4.74 Å². The molecule has 142 valence electrons. The highest BCUT2D eigenvalue weighted by Crippen LogP contribution is 2.20. The Hall–Kier alpha value is -2.10. The van der Waals surface area contributed by atoms with E-state index in [1.807, 2.05) is 19.9 Å². The lowest BCUT2D eigenvalue weighted by atomic mass is 10.1. The average Bonchev–Trinajstić information content (AvgIpc) is 2.56. The summed E-state index contributed by atoms with van der Waals surface area (Å²) < 4.78 is 58.2. The molecule has 0 radical (unpaired) electrons. The molecule has 2 aromatic carbocycles. The van der Waals surface area contributed by atoms with Crippen molar-refractivity contribution in [1.82, 2.24) is 0 Å². The summed E-state index contributed by atoms with van der Waals surface area (Å²) in [5, 5.41) is 0. The van der Waals surface area contributed by atoms with Crippen molar-refractivity contribution in [1.29, 1.82) is 0 Å². The van der Waals surface area contributed by atoms with Crippen LogP contribution in [-0.2, 0) is 24.8 Å². The number of aryl methyl sites for hydroxylation is 2. The zero-order valence-corrected chi connectivity index (χ0v) is 16.4. The Morgan fingerprint density at radius 1 is 0.846 bits per heavy atom. The largest absolute Gasteiger partial charge is 0.384 e. The van der Waals surface area contributed by atoms with Crippen LogP contribution in [0.25, 0.3) is 0 Å². The number of sulfonamides is 2. The van der Waals surface area contributed by atoms with E-state index in [0.717, 1.165) is 11.1 Å². The maximum Gasteiger partial charge on any atom is 0.261 e. The molecule has 2 N–H and O–H groups in total. The van der Waals surface area contributed by atoms with Crippen LogP contribution in [0.1, 0.15) is 11.1 Å². The van der Waals surface area contributed by atoms with Gasteiger partial charge in [-0.15, -0.1) is 0 Å². The number of anilines is 2. The second-order valence-electron chi connectivity index (χ2n) is 5.84. The Labute approximate surface area is 154 Å². The van der Waals surface area contributed by atoms with Crippen LogP contribution in [0.15, 0.2) is 47.4 Å². The van der Waals surface area contributed by atoms with E-state index in [1.54, 1.807) is 12.1 Å². The molecule has 0 saturated carbocycles. The minimum absolute atomic E-state index is 0.0376. The predicted molar refractivity (Wildman–Crippen MR) is 102 cm³/mol. The van der Waals surface area contributed by atoms with Crippen molar-refractivity contribution in [2.24, 2.45) is 0 Å². The van der Waals surface area contributed by atoms with Gasteiger partial charge in [0.05, 0.1) is 17.3 Å². The molecule has 0 aliphatic carbocycles. The predicted octanol–water partition coefficient (Wildman–Crippen LogP) is 2.49. The van der Waals surface area contributed by atoms with Crippen molar-refractivity contribution in [2.75, 3.05) is 28.9 Å². The summed E-state index contributed by atoms with van der Waals surface area (Å²) in [7, 11) is -5.89. The Balaban J connectivity index is 2.14. The summed E-state index contributed by atoms with van der Waals surface area (Å²) in [6.07, 6.45) is 0. The minimum Gasteiger partial charge on any atom is -0.384 e. The van der Waals surface area contributed by atoms with Crippen molar-refractivity contribution in [3.63, 3.8) is 0 Å². The Bertz CT molecular complexity index is 969. The topological polar surface area (TPSA) is 102 Å². The molecule has 0 aliphatic rings. The molecule has 0 aromatic heterocycles. The van der Waals surface area contributed by atoms with Gasteiger partial charge in [-0.3, -0.25) is 9.44 Å². The highest BCUT2D eigenvalue weighted by atomic mass is 32.2. The second kappa shape index (κ2) is 8.07. The summed E-state index contributed by atoms with van der Waals surface area (Å²) in [5.41, 5.74) is 2.80. The van der Waals surface area contributed by atoms with Crippen molar-refractivity contribution in [2.45, 2.75) is 18.7 Å². The van der Waals surface area contributed by atoms with Gasteiger partial charge in [-0.2, -0.15) is 0 Å². The fraction of sp³-hybridized carbons (Fsp3) is 0.294. The first-order valence-electron chi connectivity index (χ1n) is 7.82. The van der Waals surface area contributed by atoms with Crippen LogP contribution in [0, 0.1) is 13.8 Å². The molecule has 0 unspecified atom stereocenters. The van der Waals surface area contributed by atoms with E-state index in [4.69, 9.17) is 4.74 Å². The lowest BCUT2D eigenvalue weighted by molar-refractivity contribution is 0.217. The van der Waals surface area contributed by atoms with Crippen LogP contribution in [0.5, 0.6) is 0 Å². The number of nitrogens with one attached hydrogen (secondary N) is 2. The molecule has 2 rings (SSSR count). The number of rotatable bonds is 8. The van der Waals surface area contributed by atoms with Gasteiger partial charge in [0.15, 0.2) is 0 Å². The quantitative estimate of drug-likeness (QED) is 0.711. The van der Waals surface area contributed by atoms with Gasteiger partial charge in [-0.25, -0.2) is 16.8 Å². The van der Waals surface area contributed by atoms with E-state index in [2.05, 4.69) is 9.44 Å². The van der Waals surface area contributed by atoms with E-state index >= 15 is 0 Å². The van der Waals surface area contributed by atoms with Gasteiger partial charge in [0.2, 0.25) is 10.0 Å². The van der Waals surface area contributed by atoms with E-state index in [-0.39, 0.29) is 22.9 Å². The molecule has 2 aromatic rings. The zero-order valence-electron chi connectivity index (χ0n) is 14.8. The minimum atomic E-state index is -3.76. The third kappa shape index (κ3) is 5.45. The molecule has 26 heavy (non-hydrogen) atoms. The Kier molecular flexibility index (Phi) is 6.27. The number of methoxy groups -OCH3 is 1. The molecule has 0 fully saturated rings. The van der Waals surface area contributed by atoms with Crippen LogP contribution in [-0.4, -0.2) is 36.3 Å². The monoisotopic (exact) mass is 398 g/mol. The Morgan fingerprint density at radius 3 is 2.04 bits per heavy atom. The summed E-state index contributed by atoms with van der Waals surface area (Å²) in [5.74, 6) is -0.183. The fourth-order valence-corrected chi connectivity index (χ4v) is 4.18. The number of hydrogen-bond acceptors (Lipinski definition) is 5. The summed E-state index contributed by atoms with van der Waals surface area (Å²) in [6, 6.07) is 10.8. The van der Waals surface area contributed by atoms with Gasteiger partial charge in [0, 0.05) is 18.5 Å². The second-order valence-corrected chi connectivity index (χ2v) is 9.37. The first kappa shape index (κ1) is 20.2. The standard InChI is InChI=1S/C17H22N2O5S2/c1-13-4-5-16(12-14(13)2)19-26(22,23)17-8-6-15(7-9-17)18-25(20,21)11-10-24-3/h4-9,12,18-19H,10-11H2,1-3H3. The van der Waals surface area contributed by atoms with Crippen molar-refractivity contribution in [3.8, 4) is 0 Å². The maximum absolute atomic E-state index is 12.5. The third-order valence-corrected chi connectivity index (χ3v) is 6.40. The van der Waals surface area contributed by atoms with E-state index in [0.29, 0.717) is 5.69 Å². The lowest BCUT2D eigenvalue weighted by Crippen LogP contribution is -2.19. The first-order chi connectivity index (χ1) is 12.1. The molecule has 0 amide bonds. The van der Waals surface area contributed by atoms with Crippen LogP contribution >= 0.6 is 0 Å². The van der Waals surface area contributed by atoms with Crippen LogP contribution in [0.4, 0.5) is 11.4 Å². The molecule has 0 aliphatic heterocycles. The highest BCUT2D eigenvalue weighted by molar-refractivity contribution is 7.93. The molecule has 0 bridgehead atoms. The van der Waals surface area contributed by atoms with Crippen LogP contribution in [0.3, 0.4) is 0 Å². The highest BCUT2D eigenvalue weighted by Gasteiger charge is 2.15. The number of hydrogen-bond donors (Lipinski definition) is 2. The van der Waals surface area contributed by atoms with Gasteiger partial charge in [-0.05, 0) is 61.4 Å². The SMILES string of the molecule is COCCS(=O)(=O)Nc1ccc(S(=O)(=O)Nc2ccc(C)c(C)c2)cc1. The molecule has 0 heterocycles. The molecular formula is C17H22N2O5S2. The number of ether oxygens (including phenoxy) is 1. The first-order valence-corrected chi connectivity index (χ1v) is 11.0. The average molecular weight is 399 g/mol. The summed E-state index contributed by atoms with van der Waals surface area (Å²) in [6.45, 7) is 3.92. The smallest absolute Gasteiger partial charge is 0.261 e. The van der Waals surface area contributed by atoms with E-state index in [9.17, 15) is 16.8 Å². The van der Waals surface area contributed by atoms with Crippen molar-refractivity contribution >= 4 is 31.4 Å². The maximum atomic E-state index is 12.5. The van der Waals surface area contributed by atoms with Gasteiger partial charge >= 0.3 is 0 Å². The third-order valence-electron chi connectivity index (χ3n) is 3.75. The van der Waals surface area contributed by atoms with Crippen LogP contribution in [0.2, 0.25) is 0 Å². The summed E-state index contributed by atoms with van der Waals surface area (Å²) in [4.78, 5) is 0.0376. The summed E-state index contributed by atoms with van der Waals surface area (Å²) >= 11 is 0. The molecule has 0 saturated heterocycles. The van der Waals surface area contributed by atoms with E-state index < -0.39 is 20.0 Å². The van der Waals surface area contributed by atoms with Crippen molar-refractivity contribution < 1.29 is 21.6 Å². The molecule has 0 atom stereocenters. The molecule has 0 spiro atoms. The van der Waals surface area contributed by atoms with Gasteiger partial charge in [0.1, 0.15) is 0 Å². The molecule has 9 heteroatoms. The van der Waals surface area contributed by atoms with Gasteiger partial charge in [-0.1, -0.05) is 6.07 Å². The fourth-order valence-electron chi connectivity index (χ4n) is 2.14. The zero-order chi connectivity index (χ0) is 19.4. The van der Waals surface area contributed by atoms with E-state index in [1.165, 1.54) is 31.4 Å². The van der Waals surface area contributed by atoms with Crippen LogP contribution < -0.4 is 9.44 Å². The van der Waals surface area contributed by atoms with Gasteiger partial charge in [0.25, 0.3) is 10.0 Å². The number of benzene rings is 2. The lowest BCUT2D eigenvalue weighted by Gasteiger charge is -2.11. The Morgan fingerprint density at radius 2 is 1.46 bits per heavy atom. The van der Waals surface area contributed by atoms with Crippen molar-refractivity contribution in [3.05, 3.63) is 53.6 Å². The molecule has 7 nitrogen and oxygen atoms in total.